The van der Waals surface area contributed by atoms with Crippen LogP contribution in [0.5, 0.6) is 0 Å². The lowest BCUT2D eigenvalue weighted by Crippen LogP contribution is -2.12. The van der Waals surface area contributed by atoms with Crippen molar-refractivity contribution in [1.29, 1.82) is 16.1 Å². The molecular weight excluding hydrogens is 1660 g/mol. The maximum Gasteiger partial charge on any atom is 0.187 e. The largest absolute Gasteiger partial charge is 0.461 e. The number of hydrogen-bond donors (Lipinski definition) is 11. The molecular formula is C100H66N18O13. The molecule has 21 aromatic rings. The van der Waals surface area contributed by atoms with Gasteiger partial charge in [0.15, 0.2) is 133 Å². The van der Waals surface area contributed by atoms with Gasteiger partial charge in [0.2, 0.25) is 0 Å². The number of aromatic nitrogens is 6. The lowest BCUT2D eigenvalue weighted by atomic mass is 10.1. The molecule has 31 nitrogen and oxygen atoms in total. The van der Waals surface area contributed by atoms with E-state index in [2.05, 4.69) is 60.8 Å². The van der Waals surface area contributed by atoms with Crippen LogP contribution in [0.3, 0.4) is 0 Å². The Labute approximate surface area is 740 Å². The van der Waals surface area contributed by atoms with Gasteiger partial charge in [0.1, 0.15) is 40.5 Å². The van der Waals surface area contributed by atoms with Crippen molar-refractivity contribution < 1.29 is 59.4 Å². The molecule has 0 atom stereocenters. The van der Waals surface area contributed by atoms with Crippen molar-refractivity contribution in [3.05, 3.63) is 371 Å². The Morgan fingerprint density at radius 2 is 0.634 bits per heavy atom. The lowest BCUT2D eigenvalue weighted by molar-refractivity contribution is 0.110. The number of amidine groups is 4. The van der Waals surface area contributed by atoms with Gasteiger partial charge in [0, 0.05) is 50.1 Å². The molecule has 0 bridgehead atoms. The Hall–Kier alpha value is -19.9. The van der Waals surface area contributed by atoms with Crippen molar-refractivity contribution in [2.24, 2.45) is 33.2 Å². The molecule has 0 radical (unpaired) electrons. The van der Waals surface area contributed by atoms with Crippen LogP contribution in [-0.4, -0.2) is 69.9 Å². The zero-order valence-corrected chi connectivity index (χ0v) is 68.2. The number of imidazole rings is 3. The fourth-order valence-corrected chi connectivity index (χ4v) is 13.5. The summed E-state index contributed by atoms with van der Waals surface area (Å²) in [6, 6.07) is 90.4. The maximum absolute atomic E-state index is 10.6. The van der Waals surface area contributed by atoms with Crippen molar-refractivity contribution in [2.45, 2.75) is 0 Å². The van der Waals surface area contributed by atoms with Gasteiger partial charge in [0.25, 0.3) is 0 Å². The number of nitrogens with two attached hydrogens (primary N) is 4. The normalized spacial score (nSPS) is 11.1. The predicted molar refractivity (Wildman–Crippen MR) is 490 cm³/mol. The van der Waals surface area contributed by atoms with E-state index in [0.717, 1.165) is 61.2 Å². The molecule has 0 unspecified atom stereocenters. The number of aldehydes is 1. The molecule has 0 aliphatic rings. The third kappa shape index (κ3) is 18.6. The topological polar surface area (TPSA) is 488 Å². The van der Waals surface area contributed by atoms with Crippen molar-refractivity contribution >= 4 is 79.8 Å². The summed E-state index contributed by atoms with van der Waals surface area (Å²) in [6.45, 7) is 20.9. The first-order valence-corrected chi connectivity index (χ1v) is 39.5. The summed E-state index contributed by atoms with van der Waals surface area (Å²) < 4.78 is 57.7. The summed E-state index contributed by atoms with van der Waals surface area (Å²) in [5.41, 5.74) is 36.1. The second-order valence-corrected chi connectivity index (χ2v) is 28.6. The lowest BCUT2D eigenvalue weighted by Gasteiger charge is -2.00. The third-order valence-electron chi connectivity index (χ3n) is 20.2. The molecule has 0 fully saturated rings. The number of hydrogen-bond acceptors (Lipinski definition) is 21. The second kappa shape index (κ2) is 37.0. The van der Waals surface area contributed by atoms with Crippen LogP contribution in [-0.2, 0) is 0 Å². The molecule has 131 heavy (non-hydrogen) atoms. The monoisotopic (exact) mass is 1730 g/mol. The molecule has 13 heterocycles. The van der Waals surface area contributed by atoms with E-state index < -0.39 is 0 Å². The molecule has 0 saturated heterocycles. The fraction of sp³-hybridized carbons (Fsp3) is 0. The highest BCUT2D eigenvalue weighted by Gasteiger charge is 2.21. The molecule has 8 aromatic carbocycles. The van der Waals surface area contributed by atoms with Crippen molar-refractivity contribution in [3.63, 3.8) is 0 Å². The number of H-pyrrole nitrogens is 3. The first-order valence-electron chi connectivity index (χ1n) is 39.5. The maximum atomic E-state index is 10.6. The molecule has 31 heteroatoms. The van der Waals surface area contributed by atoms with Crippen LogP contribution >= 0.6 is 0 Å². The number of rotatable bonds is 18. The number of oxime groups is 2. The van der Waals surface area contributed by atoms with E-state index in [9.17, 15) is 4.79 Å². The Kier molecular flexibility index (Phi) is 23.6. The Morgan fingerprint density at radius 1 is 0.344 bits per heavy atom. The van der Waals surface area contributed by atoms with Gasteiger partial charge < -0.3 is 92.5 Å². The second-order valence-electron chi connectivity index (χ2n) is 28.6. The Morgan fingerprint density at radius 3 is 0.969 bits per heavy atom. The highest BCUT2D eigenvalue weighted by Crippen LogP contribution is 2.39. The number of fused-ring (bicyclic) bond motifs is 3. The molecule has 13 aromatic heterocycles. The summed E-state index contributed by atoms with van der Waals surface area (Å²) in [4.78, 5) is 43.9. The van der Waals surface area contributed by atoms with E-state index in [1.54, 1.807) is 146 Å². The highest BCUT2D eigenvalue weighted by atomic mass is 16.4. The first-order chi connectivity index (χ1) is 63.9. The first kappa shape index (κ1) is 83.3. The number of benzene rings is 8. The van der Waals surface area contributed by atoms with Gasteiger partial charge >= 0.3 is 0 Å². The Balaban J connectivity index is 0.000000116. The number of nitrogen functional groups attached to an aromatic ring is 2. The smallest absolute Gasteiger partial charge is 0.187 e. The predicted octanol–water partition coefficient (Wildman–Crippen LogP) is 23.8. The van der Waals surface area contributed by atoms with Crippen LogP contribution in [0.25, 0.3) is 197 Å². The standard InChI is InChI=1S/C23H18N6O4.C23H18N6O2.C23H12N4O2.C16H9NO3.C15H9NO2/c24-21(28-30)13-3-1-12(2-4-13)17-7-8-18(32-17)19-9-10-20(33-19)23-26-15-6-5-14(22(25)29-31)11-16(15)27-23;24-21(25)13-3-1-12(2-4-13)17-7-8-18(30-17)19-9-10-20(31-19)23-28-15-6-5-14(22(26)27)11-16(15)29-23;1-25-16-5-3-15(4-6-16)19-8-9-20(28-19)21-10-11-22(29-21)23-26-17-7-2-14(13-24)12-18(17)27-23;1-17-12-4-2-11(3-5-12)14-8-9-16(20-14)15-7-6-13(10-18)19-15;1-16-12-6-4-11(5-7-12)13-8-9-15(18-13)14-3-2-10-17-14/h1-11,30-31H,(H2,24,28)(H2,25,29)(H,26,27);1-11H,(H3,24,25)(H3,26,27)(H,28,29);2-12H,(H,26,27);2-10H;2-10H. The molecule has 0 saturated carbocycles. The summed E-state index contributed by atoms with van der Waals surface area (Å²) in [6.07, 6.45) is 2.26. The average molecular weight is 1730 g/mol. The summed E-state index contributed by atoms with van der Waals surface area (Å²) >= 11 is 0. The SMILES string of the molecule is N/C(=N\O)c1ccc2nc(-c3ccc(-c4ccc(-c5ccc(/C(N)=N\O)cc5)o4)o3)[nH]c2c1.N=C(N)c1ccc(-c2ccc(-c3ccc(-c4nc5ccc(C(=N)N)cc5[nH]4)o3)o2)cc1.[C-]#[N+]c1ccc(-c2ccc(-c3ccc(-c4nc5ccc(C#N)cc5[nH]4)o3)o2)cc1.[C-]#[N+]c1ccc(-c2ccc(-c3ccc(C=O)o3)o2)cc1.[C-]#[N+]c1ccc(-c2ccc(-c3ccco3)o2)cc1. The van der Waals surface area contributed by atoms with Gasteiger partial charge in [-0.05, 0) is 176 Å². The van der Waals surface area contributed by atoms with E-state index in [1.165, 1.54) is 0 Å². The molecule has 21 rings (SSSR count). The number of carbonyl (C=O) groups excluding carboxylic acids is 1. The molecule has 0 aliphatic carbocycles. The summed E-state index contributed by atoms with van der Waals surface area (Å²) in [5, 5.41) is 47.8. The van der Waals surface area contributed by atoms with Crippen molar-refractivity contribution in [2.75, 3.05) is 0 Å². The van der Waals surface area contributed by atoms with E-state index >= 15 is 0 Å². The van der Waals surface area contributed by atoms with Gasteiger partial charge in [-0.3, -0.25) is 15.6 Å². The molecule has 634 valence electrons. The number of aromatic amines is 3. The summed E-state index contributed by atoms with van der Waals surface area (Å²) in [5.74, 6) is 13.1. The van der Waals surface area contributed by atoms with Crippen molar-refractivity contribution in [3.8, 4) is 155 Å². The number of nitrogens with one attached hydrogen (secondary N) is 5. The van der Waals surface area contributed by atoms with Gasteiger partial charge in [-0.15, -0.1) is 0 Å². The zero-order valence-electron chi connectivity index (χ0n) is 68.2. The summed E-state index contributed by atoms with van der Waals surface area (Å²) in [7, 11) is 0. The minimum atomic E-state index is 0.00268. The zero-order chi connectivity index (χ0) is 90.6. The van der Waals surface area contributed by atoms with Gasteiger partial charge in [-0.1, -0.05) is 132 Å². The van der Waals surface area contributed by atoms with Crippen molar-refractivity contribution in [1.82, 2.24) is 29.9 Å². The highest BCUT2D eigenvalue weighted by molar-refractivity contribution is 6.01. The van der Waals surface area contributed by atoms with Crippen LogP contribution in [0.1, 0.15) is 38.4 Å². The number of nitriles is 1. The fourth-order valence-electron chi connectivity index (χ4n) is 13.5. The van der Waals surface area contributed by atoms with E-state index in [0.29, 0.717) is 172 Å². The van der Waals surface area contributed by atoms with Crippen LogP contribution in [0.2, 0.25) is 0 Å². The van der Waals surface area contributed by atoms with E-state index in [1.807, 2.05) is 158 Å². The third-order valence-corrected chi connectivity index (χ3v) is 20.2. The van der Waals surface area contributed by atoms with Crippen LogP contribution in [0.4, 0.5) is 17.1 Å². The van der Waals surface area contributed by atoms with Crippen LogP contribution < -0.4 is 22.9 Å². The van der Waals surface area contributed by atoms with E-state index in [4.69, 9.17) is 113 Å². The van der Waals surface area contributed by atoms with E-state index in [-0.39, 0.29) is 29.1 Å². The number of carbonyl (C=O) groups is 1. The minimum absolute atomic E-state index is 0.00268. The molecule has 15 N–H and O–H groups in total. The van der Waals surface area contributed by atoms with Gasteiger partial charge in [-0.2, -0.15) is 5.26 Å². The Bertz CT molecular complexity index is 7980. The average Bonchev–Trinajstić information content (AvgIpc) is 1.65. The van der Waals surface area contributed by atoms with Gasteiger partial charge in [-0.25, -0.2) is 29.5 Å². The number of nitrogens with zero attached hydrogens (tertiary/aromatic N) is 9. The molecule has 0 amide bonds. The van der Waals surface area contributed by atoms with Crippen LogP contribution in [0.15, 0.2) is 358 Å². The quantitative estimate of drug-likeness (QED) is 0.00949. The molecule has 0 aliphatic heterocycles. The van der Waals surface area contributed by atoms with Crippen LogP contribution in [0, 0.1) is 41.9 Å². The van der Waals surface area contributed by atoms with Gasteiger partial charge in [0.05, 0.1) is 70.7 Å². The number of furan rings is 10. The minimum Gasteiger partial charge on any atom is -0.461 e. The molecule has 0 spiro atoms.